The number of rotatable bonds is 7. The Bertz CT molecular complexity index is 1190. The molecule has 1 saturated heterocycles. The van der Waals surface area contributed by atoms with Crippen molar-refractivity contribution in [2.45, 2.75) is 12.8 Å². The molecule has 1 aliphatic heterocycles. The molecule has 2 aliphatic rings. The molecule has 0 amide bonds. The average Bonchev–Trinajstić information content (AvgIpc) is 3.40. The van der Waals surface area contributed by atoms with Crippen LogP contribution in [-0.4, -0.2) is 36.7 Å². The second-order valence-electron chi connectivity index (χ2n) is 8.63. The molecule has 2 atom stereocenters. The summed E-state index contributed by atoms with van der Waals surface area (Å²) in [6.07, 6.45) is 3.90. The molecule has 9 heteroatoms. The van der Waals surface area contributed by atoms with Crippen LogP contribution in [0, 0.1) is 33.7 Å². The normalized spacial score (nSPS) is 21.7. The zero-order chi connectivity index (χ0) is 22.9. The molecule has 2 heterocycles. The van der Waals surface area contributed by atoms with E-state index in [9.17, 15) is 14.5 Å². The number of halogens is 1. The summed E-state index contributed by atoms with van der Waals surface area (Å²) in [5, 5.41) is 14.9. The van der Waals surface area contributed by atoms with Gasteiger partial charge in [0, 0.05) is 23.7 Å². The first kappa shape index (κ1) is 21.4. The molecule has 1 aliphatic carbocycles. The summed E-state index contributed by atoms with van der Waals surface area (Å²) in [6, 6.07) is 8.42. The van der Waals surface area contributed by atoms with E-state index >= 15 is 0 Å². The predicted molar refractivity (Wildman–Crippen MR) is 119 cm³/mol. The number of ether oxygens (including phenoxy) is 3. The lowest BCUT2D eigenvalue weighted by atomic mass is 10.0. The van der Waals surface area contributed by atoms with Crippen molar-refractivity contribution in [2.24, 2.45) is 17.8 Å². The van der Waals surface area contributed by atoms with E-state index in [4.69, 9.17) is 14.2 Å². The van der Waals surface area contributed by atoms with Gasteiger partial charge in [-0.3, -0.25) is 15.1 Å². The minimum absolute atomic E-state index is 0.117. The van der Waals surface area contributed by atoms with Gasteiger partial charge >= 0.3 is 0 Å². The van der Waals surface area contributed by atoms with Crippen molar-refractivity contribution >= 4 is 16.6 Å². The molecular formula is C24H24FN3O5. The van der Waals surface area contributed by atoms with Gasteiger partial charge in [-0.25, -0.2) is 4.39 Å². The van der Waals surface area contributed by atoms with E-state index < -0.39 is 10.7 Å². The van der Waals surface area contributed by atoms with Gasteiger partial charge < -0.3 is 19.5 Å². The molecule has 172 valence electrons. The maximum atomic E-state index is 14.3. The van der Waals surface area contributed by atoms with Gasteiger partial charge in [0.1, 0.15) is 5.75 Å². The van der Waals surface area contributed by atoms with E-state index in [2.05, 4.69) is 10.3 Å². The van der Waals surface area contributed by atoms with Crippen LogP contribution >= 0.6 is 0 Å². The molecule has 0 bridgehead atoms. The van der Waals surface area contributed by atoms with Crippen molar-refractivity contribution in [1.29, 1.82) is 0 Å². The van der Waals surface area contributed by atoms with E-state index in [1.54, 1.807) is 31.5 Å². The first-order chi connectivity index (χ1) is 16.0. The Kier molecular flexibility index (Phi) is 5.72. The molecule has 3 aromatic rings. The molecule has 1 saturated carbocycles. The lowest BCUT2D eigenvalue weighted by Gasteiger charge is -2.17. The molecule has 8 nitrogen and oxygen atoms in total. The number of non-ortho nitro benzene ring substituents is 1. The minimum Gasteiger partial charge on any atom is -0.493 e. The van der Waals surface area contributed by atoms with Crippen LogP contribution in [-0.2, 0) is 0 Å². The highest BCUT2D eigenvalue weighted by Gasteiger charge is 2.37. The highest BCUT2D eigenvalue weighted by molar-refractivity contribution is 5.88. The molecule has 0 radical (unpaired) electrons. The van der Waals surface area contributed by atoms with Gasteiger partial charge in [-0.05, 0) is 61.9 Å². The van der Waals surface area contributed by atoms with E-state index in [1.807, 2.05) is 0 Å². The molecule has 2 aromatic carbocycles. The number of nitro benzene ring substituents is 1. The fraction of sp³-hybridized carbons (Fsp3) is 0.375. The standard InChI is InChI=1S/C24H24FN3O5/c1-31-23-9-18-20(10-24(23)32-13-14-6-15-11-26-12-16(15)7-14)27-5-4-21(18)33-22-3-2-17(28(29)30)8-19(22)25/h2-5,8-10,14-16,26H,6-7,11-13H2,1H3. The number of nitrogens with one attached hydrogen (secondary N) is 1. The van der Waals surface area contributed by atoms with Crippen molar-refractivity contribution in [2.75, 3.05) is 26.8 Å². The van der Waals surface area contributed by atoms with Crippen LogP contribution in [0.25, 0.3) is 10.9 Å². The van der Waals surface area contributed by atoms with E-state index in [0.29, 0.717) is 40.7 Å². The monoisotopic (exact) mass is 453 g/mol. The zero-order valence-electron chi connectivity index (χ0n) is 18.1. The summed E-state index contributed by atoms with van der Waals surface area (Å²) < 4.78 is 31.8. The first-order valence-electron chi connectivity index (χ1n) is 10.9. The minimum atomic E-state index is -0.822. The maximum absolute atomic E-state index is 14.3. The lowest BCUT2D eigenvalue weighted by molar-refractivity contribution is -0.385. The fourth-order valence-corrected chi connectivity index (χ4v) is 4.93. The van der Waals surface area contributed by atoms with Crippen LogP contribution in [0.3, 0.4) is 0 Å². The molecule has 2 unspecified atom stereocenters. The molecule has 5 rings (SSSR count). The van der Waals surface area contributed by atoms with Crippen molar-refractivity contribution in [3.05, 3.63) is 58.5 Å². The van der Waals surface area contributed by atoms with E-state index in [1.165, 1.54) is 25.0 Å². The van der Waals surface area contributed by atoms with Crippen LogP contribution in [0.15, 0.2) is 42.6 Å². The van der Waals surface area contributed by atoms with E-state index in [-0.39, 0.29) is 11.4 Å². The number of methoxy groups -OCH3 is 1. The third kappa shape index (κ3) is 4.28. The molecule has 2 fully saturated rings. The van der Waals surface area contributed by atoms with Gasteiger partial charge in [0.05, 0.1) is 30.2 Å². The Morgan fingerprint density at radius 3 is 2.58 bits per heavy atom. The fourth-order valence-electron chi connectivity index (χ4n) is 4.93. The van der Waals surface area contributed by atoms with Crippen LogP contribution in [0.2, 0.25) is 0 Å². The molecule has 0 spiro atoms. The summed E-state index contributed by atoms with van der Waals surface area (Å²) in [4.78, 5) is 14.6. The van der Waals surface area contributed by atoms with Crippen LogP contribution in [0.4, 0.5) is 10.1 Å². The highest BCUT2D eigenvalue weighted by atomic mass is 19.1. The summed E-state index contributed by atoms with van der Waals surface area (Å²) in [5.41, 5.74) is 0.267. The van der Waals surface area contributed by atoms with Gasteiger partial charge in [-0.15, -0.1) is 0 Å². The largest absolute Gasteiger partial charge is 0.493 e. The van der Waals surface area contributed by atoms with Gasteiger partial charge in [0.15, 0.2) is 23.1 Å². The molecule has 1 N–H and O–H groups in total. The zero-order valence-corrected chi connectivity index (χ0v) is 18.1. The van der Waals surface area contributed by atoms with Gasteiger partial charge in [0.2, 0.25) is 0 Å². The molecule has 33 heavy (non-hydrogen) atoms. The lowest BCUT2D eigenvalue weighted by Crippen LogP contribution is -2.15. The van der Waals surface area contributed by atoms with Crippen molar-refractivity contribution in [3.8, 4) is 23.0 Å². The number of hydrogen-bond donors (Lipinski definition) is 1. The SMILES string of the molecule is COc1cc2c(Oc3ccc([N+](=O)[O-])cc3F)ccnc2cc1OCC1CC2CNCC2C1. The number of hydrogen-bond acceptors (Lipinski definition) is 7. The van der Waals surface area contributed by atoms with Crippen molar-refractivity contribution < 1.29 is 23.5 Å². The number of pyridine rings is 1. The van der Waals surface area contributed by atoms with Gasteiger partial charge in [-0.1, -0.05) is 0 Å². The topological polar surface area (TPSA) is 95.8 Å². The Hall–Kier alpha value is -3.46. The summed E-state index contributed by atoms with van der Waals surface area (Å²) in [5.74, 6) is 2.57. The Balaban J connectivity index is 1.37. The Morgan fingerprint density at radius 2 is 1.88 bits per heavy atom. The van der Waals surface area contributed by atoms with Crippen molar-refractivity contribution in [3.63, 3.8) is 0 Å². The second-order valence-corrected chi connectivity index (χ2v) is 8.63. The van der Waals surface area contributed by atoms with Crippen molar-refractivity contribution in [1.82, 2.24) is 10.3 Å². The first-order valence-corrected chi connectivity index (χ1v) is 10.9. The highest BCUT2D eigenvalue weighted by Crippen LogP contribution is 2.41. The molecular weight excluding hydrogens is 429 g/mol. The van der Waals surface area contributed by atoms with Gasteiger partial charge in [-0.2, -0.15) is 0 Å². The number of aromatic nitrogens is 1. The van der Waals surface area contributed by atoms with Crippen LogP contribution in [0.1, 0.15) is 12.8 Å². The Labute approximate surface area is 189 Å². The number of nitrogens with zero attached hydrogens (tertiary/aromatic N) is 2. The summed E-state index contributed by atoms with van der Waals surface area (Å²) in [6.45, 7) is 2.82. The van der Waals surface area contributed by atoms with Crippen LogP contribution in [0.5, 0.6) is 23.0 Å². The molecule has 1 aromatic heterocycles. The van der Waals surface area contributed by atoms with Gasteiger partial charge in [0.25, 0.3) is 5.69 Å². The Morgan fingerprint density at radius 1 is 1.09 bits per heavy atom. The quantitative estimate of drug-likeness (QED) is 0.409. The van der Waals surface area contributed by atoms with E-state index in [0.717, 1.165) is 31.0 Å². The number of fused-ring (bicyclic) bond motifs is 2. The average molecular weight is 453 g/mol. The maximum Gasteiger partial charge on any atom is 0.272 e. The predicted octanol–water partition coefficient (Wildman–Crippen LogP) is 4.71. The third-order valence-corrected chi connectivity index (χ3v) is 6.56. The number of benzene rings is 2. The van der Waals surface area contributed by atoms with Crippen LogP contribution < -0.4 is 19.5 Å². The summed E-state index contributed by atoms with van der Waals surface area (Å²) in [7, 11) is 1.56. The smallest absolute Gasteiger partial charge is 0.272 e. The number of nitro groups is 1. The second kappa shape index (κ2) is 8.82. The summed E-state index contributed by atoms with van der Waals surface area (Å²) >= 11 is 0. The third-order valence-electron chi connectivity index (χ3n) is 6.56.